The van der Waals surface area contributed by atoms with Gasteiger partial charge in [0.2, 0.25) is 0 Å². The Kier molecular flexibility index (Phi) is 7.97. The van der Waals surface area contributed by atoms with Gasteiger partial charge in [-0.1, -0.05) is 12.1 Å². The topological polar surface area (TPSA) is 159 Å². The Morgan fingerprint density at radius 1 is 1.03 bits per heavy atom. The summed E-state index contributed by atoms with van der Waals surface area (Å²) in [5.41, 5.74) is 3.72. The van der Waals surface area contributed by atoms with Crippen molar-refractivity contribution in [3.05, 3.63) is 102 Å². The predicted octanol–water partition coefficient (Wildman–Crippen LogP) is 5.75. The van der Waals surface area contributed by atoms with Crippen molar-refractivity contribution < 1.29 is 28.5 Å². The Hall–Kier alpha value is -4.78. The quantitative estimate of drug-likeness (QED) is 0.140. The summed E-state index contributed by atoms with van der Waals surface area (Å²) in [7, 11) is 0. The van der Waals surface area contributed by atoms with Crippen LogP contribution in [0.4, 0.5) is 11.4 Å². The van der Waals surface area contributed by atoms with Crippen LogP contribution in [0.2, 0.25) is 0 Å². The third-order valence-corrected chi connectivity index (χ3v) is 5.87. The van der Waals surface area contributed by atoms with Crippen LogP contribution < -0.4 is 14.9 Å². The summed E-state index contributed by atoms with van der Waals surface area (Å²) in [6, 6.07) is 14.9. The number of nitro groups is 2. The summed E-state index contributed by atoms with van der Waals surface area (Å²) >= 11 is 3.44. The molecule has 0 aliphatic heterocycles. The van der Waals surface area contributed by atoms with E-state index in [-0.39, 0.29) is 23.7 Å². The number of halogens is 1. The van der Waals surface area contributed by atoms with E-state index < -0.39 is 15.8 Å². The van der Waals surface area contributed by atoms with Crippen LogP contribution in [0.1, 0.15) is 28.6 Å². The van der Waals surface area contributed by atoms with Crippen molar-refractivity contribution in [2.75, 3.05) is 6.61 Å². The van der Waals surface area contributed by atoms with Crippen molar-refractivity contribution in [1.29, 1.82) is 0 Å². The summed E-state index contributed by atoms with van der Waals surface area (Å²) in [5, 5.41) is 26.3. The zero-order valence-corrected chi connectivity index (χ0v) is 21.3. The number of carbonyl (C=O) groups excluding carboxylic acids is 1. The molecule has 0 aliphatic rings. The van der Waals surface area contributed by atoms with Crippen LogP contribution in [0.15, 0.2) is 74.7 Å². The molecule has 194 valence electrons. The van der Waals surface area contributed by atoms with Crippen LogP contribution >= 0.6 is 15.9 Å². The Labute approximate surface area is 223 Å². The molecule has 0 saturated carbocycles. The average molecular weight is 583 g/mol. The number of hydrazone groups is 1. The van der Waals surface area contributed by atoms with Crippen molar-refractivity contribution in [1.82, 2.24) is 5.43 Å². The average Bonchev–Trinajstić information content (AvgIpc) is 3.33. The Morgan fingerprint density at radius 3 is 2.50 bits per heavy atom. The number of ether oxygens (including phenoxy) is 2. The van der Waals surface area contributed by atoms with Gasteiger partial charge in [0.15, 0.2) is 17.3 Å². The van der Waals surface area contributed by atoms with Crippen LogP contribution in [0.25, 0.3) is 11.0 Å². The predicted molar refractivity (Wildman–Crippen MR) is 141 cm³/mol. The maximum atomic E-state index is 12.5. The Bertz CT molecular complexity index is 1570. The molecule has 4 aromatic rings. The summed E-state index contributed by atoms with van der Waals surface area (Å²) in [5.74, 6) is 0.116. The summed E-state index contributed by atoms with van der Waals surface area (Å²) in [6.07, 6.45) is 1.39. The van der Waals surface area contributed by atoms with E-state index in [2.05, 4.69) is 26.5 Å². The van der Waals surface area contributed by atoms with Gasteiger partial charge in [0.1, 0.15) is 12.2 Å². The molecular formula is C25H19BrN4O8. The minimum absolute atomic E-state index is 0.0325. The van der Waals surface area contributed by atoms with Crippen molar-refractivity contribution in [3.63, 3.8) is 0 Å². The van der Waals surface area contributed by atoms with Gasteiger partial charge in [0.25, 0.3) is 11.4 Å². The SMILES string of the molecule is CCOc1cc(/C=N/NC(=O)c2cc3cc([N+](=O)[O-])ccc3o2)c(Br)cc1OCc1cccc([N+](=O)[O-])c1. The summed E-state index contributed by atoms with van der Waals surface area (Å²) in [6.45, 7) is 2.24. The van der Waals surface area contributed by atoms with Gasteiger partial charge in [-0.05, 0) is 52.7 Å². The molecule has 0 spiro atoms. The number of hydrogen-bond acceptors (Lipinski definition) is 9. The van der Waals surface area contributed by atoms with E-state index in [1.807, 2.05) is 6.92 Å². The maximum absolute atomic E-state index is 12.5. The van der Waals surface area contributed by atoms with Crippen molar-refractivity contribution >= 4 is 50.4 Å². The van der Waals surface area contributed by atoms with Crippen LogP contribution in [0.3, 0.4) is 0 Å². The first-order valence-corrected chi connectivity index (χ1v) is 11.9. The van der Waals surface area contributed by atoms with E-state index in [1.165, 1.54) is 42.6 Å². The van der Waals surface area contributed by atoms with Crippen molar-refractivity contribution in [2.45, 2.75) is 13.5 Å². The summed E-state index contributed by atoms with van der Waals surface area (Å²) in [4.78, 5) is 33.4. The Morgan fingerprint density at radius 2 is 1.76 bits per heavy atom. The number of carbonyl (C=O) groups is 1. The maximum Gasteiger partial charge on any atom is 0.307 e. The van der Waals surface area contributed by atoms with Gasteiger partial charge >= 0.3 is 5.91 Å². The van der Waals surface area contributed by atoms with Gasteiger partial charge in [0, 0.05) is 39.7 Å². The second kappa shape index (κ2) is 11.5. The smallest absolute Gasteiger partial charge is 0.307 e. The minimum Gasteiger partial charge on any atom is -0.490 e. The number of benzene rings is 3. The fourth-order valence-corrected chi connectivity index (χ4v) is 3.85. The van der Waals surface area contributed by atoms with Gasteiger partial charge in [-0.15, -0.1) is 0 Å². The molecule has 4 rings (SSSR count). The molecule has 0 radical (unpaired) electrons. The third kappa shape index (κ3) is 6.13. The number of furan rings is 1. The van der Waals surface area contributed by atoms with Crippen LogP contribution in [-0.2, 0) is 6.61 Å². The normalized spacial score (nSPS) is 11.0. The first-order valence-electron chi connectivity index (χ1n) is 11.1. The van der Waals surface area contributed by atoms with Gasteiger partial charge in [-0.2, -0.15) is 5.10 Å². The molecule has 13 heteroatoms. The van der Waals surface area contributed by atoms with E-state index >= 15 is 0 Å². The zero-order valence-electron chi connectivity index (χ0n) is 19.8. The highest BCUT2D eigenvalue weighted by atomic mass is 79.9. The molecule has 1 heterocycles. The molecule has 38 heavy (non-hydrogen) atoms. The van der Waals surface area contributed by atoms with E-state index in [9.17, 15) is 25.0 Å². The molecular weight excluding hydrogens is 564 g/mol. The standard InChI is InChI=1S/C25H19BrN4O8/c1-2-36-22-11-17(20(26)12-23(22)37-14-15-4-3-5-18(8-15)29(32)33)13-27-28-25(31)24-10-16-9-19(30(34)35)6-7-21(16)38-24/h3-13H,2,14H2,1H3,(H,28,31)/b27-13+. The molecule has 1 N–H and O–H groups in total. The highest BCUT2D eigenvalue weighted by molar-refractivity contribution is 9.10. The van der Waals surface area contributed by atoms with E-state index in [0.29, 0.717) is 44.7 Å². The lowest BCUT2D eigenvalue weighted by Crippen LogP contribution is -2.16. The fraction of sp³-hybridized carbons (Fsp3) is 0.120. The number of nitrogens with zero attached hydrogens (tertiary/aromatic N) is 3. The second-order valence-corrected chi connectivity index (χ2v) is 8.61. The summed E-state index contributed by atoms with van der Waals surface area (Å²) < 4.78 is 17.6. The van der Waals surface area contributed by atoms with Crippen LogP contribution in [0.5, 0.6) is 11.5 Å². The molecule has 12 nitrogen and oxygen atoms in total. The lowest BCUT2D eigenvalue weighted by Gasteiger charge is -2.14. The largest absolute Gasteiger partial charge is 0.490 e. The Balaban J connectivity index is 1.46. The van der Waals surface area contributed by atoms with Crippen molar-refractivity contribution in [2.24, 2.45) is 5.10 Å². The monoisotopic (exact) mass is 582 g/mol. The van der Waals surface area contributed by atoms with Crippen LogP contribution in [-0.4, -0.2) is 28.6 Å². The second-order valence-electron chi connectivity index (χ2n) is 7.76. The first kappa shape index (κ1) is 26.3. The number of fused-ring (bicyclic) bond motifs is 1. The molecule has 0 fully saturated rings. The lowest BCUT2D eigenvalue weighted by atomic mass is 10.2. The molecule has 0 atom stereocenters. The molecule has 1 aromatic heterocycles. The van der Waals surface area contributed by atoms with Gasteiger partial charge in [-0.3, -0.25) is 25.0 Å². The van der Waals surface area contributed by atoms with E-state index in [0.717, 1.165) is 0 Å². The number of rotatable bonds is 10. The number of nitro benzene ring substituents is 2. The highest BCUT2D eigenvalue weighted by Crippen LogP contribution is 2.34. The van der Waals surface area contributed by atoms with Crippen molar-refractivity contribution in [3.8, 4) is 11.5 Å². The van der Waals surface area contributed by atoms with Gasteiger partial charge in [-0.25, -0.2) is 5.43 Å². The fourth-order valence-electron chi connectivity index (χ4n) is 3.42. The molecule has 1 amide bonds. The van der Waals surface area contributed by atoms with E-state index in [1.54, 1.807) is 24.3 Å². The minimum atomic E-state index is -0.641. The molecule has 3 aromatic carbocycles. The molecule has 0 bridgehead atoms. The first-order chi connectivity index (χ1) is 18.2. The number of hydrogen-bond donors (Lipinski definition) is 1. The number of non-ortho nitro benzene ring substituents is 2. The molecule has 0 saturated heterocycles. The lowest BCUT2D eigenvalue weighted by molar-refractivity contribution is -0.385. The molecule has 0 aliphatic carbocycles. The van der Waals surface area contributed by atoms with Gasteiger partial charge < -0.3 is 13.9 Å². The van der Waals surface area contributed by atoms with Crippen LogP contribution in [0, 0.1) is 20.2 Å². The number of nitrogens with one attached hydrogen (secondary N) is 1. The molecule has 0 unspecified atom stereocenters. The van der Waals surface area contributed by atoms with Gasteiger partial charge in [0.05, 0.1) is 22.7 Å². The highest BCUT2D eigenvalue weighted by Gasteiger charge is 2.15. The zero-order chi connectivity index (χ0) is 27.2. The number of amides is 1. The van der Waals surface area contributed by atoms with E-state index in [4.69, 9.17) is 13.9 Å². The third-order valence-electron chi connectivity index (χ3n) is 5.18.